The van der Waals surface area contributed by atoms with Gasteiger partial charge in [0.25, 0.3) is 0 Å². The molecule has 4 nitrogen and oxygen atoms in total. The molecule has 0 spiro atoms. The van der Waals surface area contributed by atoms with Gasteiger partial charge in [-0.05, 0) is 19.3 Å². The Bertz CT molecular complexity index is 323. The lowest BCUT2D eigenvalue weighted by molar-refractivity contribution is 0.199. The van der Waals surface area contributed by atoms with E-state index in [0.29, 0.717) is 0 Å². The van der Waals surface area contributed by atoms with E-state index in [-0.39, 0.29) is 5.54 Å². The van der Waals surface area contributed by atoms with Gasteiger partial charge in [0.1, 0.15) is 0 Å². The molecule has 0 aromatic carbocycles. The van der Waals surface area contributed by atoms with Crippen molar-refractivity contribution in [1.82, 2.24) is 14.9 Å². The van der Waals surface area contributed by atoms with Crippen LogP contribution in [0.4, 0.5) is 0 Å². The molecule has 1 aromatic heterocycles. The van der Waals surface area contributed by atoms with Crippen LogP contribution >= 0.6 is 0 Å². The zero-order chi connectivity index (χ0) is 13.4. The van der Waals surface area contributed by atoms with E-state index < -0.39 is 0 Å². The Kier molecular flexibility index (Phi) is 6.36. The van der Waals surface area contributed by atoms with Gasteiger partial charge in [0, 0.05) is 31.9 Å². The molecule has 0 saturated heterocycles. The van der Waals surface area contributed by atoms with Crippen LogP contribution < -0.4 is 5.32 Å². The molecule has 18 heavy (non-hydrogen) atoms. The number of nitrogens with zero attached hydrogens (tertiary/aromatic N) is 2. The SMILES string of the molecule is CCC(CC)(CC)n1cnc(CNCCOC)c1. The fraction of sp³-hybridized carbons (Fsp3) is 0.786. The van der Waals surface area contributed by atoms with Gasteiger partial charge in [-0.1, -0.05) is 20.8 Å². The van der Waals surface area contributed by atoms with Crippen molar-refractivity contribution in [2.45, 2.75) is 52.1 Å². The summed E-state index contributed by atoms with van der Waals surface area (Å²) in [4.78, 5) is 4.48. The minimum absolute atomic E-state index is 0.234. The summed E-state index contributed by atoms with van der Waals surface area (Å²) < 4.78 is 7.30. The molecule has 104 valence electrons. The smallest absolute Gasteiger partial charge is 0.0955 e. The van der Waals surface area contributed by atoms with Crippen LogP contribution in [0.2, 0.25) is 0 Å². The first-order valence-electron chi connectivity index (χ1n) is 6.95. The van der Waals surface area contributed by atoms with Crippen molar-refractivity contribution in [3.63, 3.8) is 0 Å². The normalized spacial score (nSPS) is 12.0. The van der Waals surface area contributed by atoms with E-state index >= 15 is 0 Å². The molecule has 0 amide bonds. The highest BCUT2D eigenvalue weighted by atomic mass is 16.5. The van der Waals surface area contributed by atoms with E-state index in [1.54, 1.807) is 7.11 Å². The number of rotatable bonds is 9. The van der Waals surface area contributed by atoms with E-state index in [9.17, 15) is 0 Å². The first-order valence-corrected chi connectivity index (χ1v) is 6.95. The Labute approximate surface area is 111 Å². The minimum atomic E-state index is 0.234. The first-order chi connectivity index (χ1) is 8.72. The highest BCUT2D eigenvalue weighted by Gasteiger charge is 2.25. The van der Waals surface area contributed by atoms with Crippen molar-refractivity contribution in [3.8, 4) is 0 Å². The molecule has 1 N–H and O–H groups in total. The molecule has 0 aliphatic heterocycles. The topological polar surface area (TPSA) is 39.1 Å². The van der Waals surface area contributed by atoms with Crippen LogP contribution in [-0.2, 0) is 16.8 Å². The van der Waals surface area contributed by atoms with Crippen molar-refractivity contribution in [2.24, 2.45) is 0 Å². The fourth-order valence-corrected chi connectivity index (χ4v) is 2.40. The second-order valence-corrected chi connectivity index (χ2v) is 4.73. The molecule has 0 aliphatic rings. The lowest BCUT2D eigenvalue weighted by atomic mass is 9.89. The zero-order valence-corrected chi connectivity index (χ0v) is 12.2. The molecule has 1 rings (SSSR count). The van der Waals surface area contributed by atoms with Crippen molar-refractivity contribution in [1.29, 1.82) is 0 Å². The van der Waals surface area contributed by atoms with Gasteiger partial charge >= 0.3 is 0 Å². The Morgan fingerprint density at radius 3 is 2.50 bits per heavy atom. The molecule has 0 unspecified atom stereocenters. The maximum absolute atomic E-state index is 5.00. The molecule has 1 aromatic rings. The number of ether oxygens (including phenoxy) is 1. The molecule has 0 atom stereocenters. The molecule has 0 saturated carbocycles. The molecule has 4 heteroatoms. The summed E-state index contributed by atoms with van der Waals surface area (Å²) in [7, 11) is 1.72. The largest absolute Gasteiger partial charge is 0.383 e. The van der Waals surface area contributed by atoms with Crippen molar-refractivity contribution >= 4 is 0 Å². The maximum Gasteiger partial charge on any atom is 0.0955 e. The molecular formula is C14H27N3O. The van der Waals surface area contributed by atoms with Crippen molar-refractivity contribution < 1.29 is 4.74 Å². The number of hydrogen-bond donors (Lipinski definition) is 1. The highest BCUT2D eigenvalue weighted by molar-refractivity contribution is 5.01. The predicted molar refractivity (Wildman–Crippen MR) is 74.7 cm³/mol. The monoisotopic (exact) mass is 253 g/mol. The standard InChI is InChI=1S/C14H27N3O/c1-5-14(6-2,7-3)17-11-13(16-12-17)10-15-8-9-18-4/h11-12,15H,5-10H2,1-4H3. The van der Waals surface area contributed by atoms with Crippen molar-refractivity contribution in [2.75, 3.05) is 20.3 Å². The van der Waals surface area contributed by atoms with Crippen LogP contribution in [0.5, 0.6) is 0 Å². The third-order valence-electron chi connectivity index (χ3n) is 3.95. The fourth-order valence-electron chi connectivity index (χ4n) is 2.40. The van der Waals surface area contributed by atoms with Gasteiger partial charge in [-0.3, -0.25) is 0 Å². The molecule has 1 heterocycles. The summed E-state index contributed by atoms with van der Waals surface area (Å²) in [6, 6.07) is 0. The minimum Gasteiger partial charge on any atom is -0.383 e. The van der Waals surface area contributed by atoms with Gasteiger partial charge in [-0.25, -0.2) is 4.98 Å². The van der Waals surface area contributed by atoms with Crippen LogP contribution in [0.15, 0.2) is 12.5 Å². The van der Waals surface area contributed by atoms with Crippen LogP contribution in [0.25, 0.3) is 0 Å². The summed E-state index contributed by atoms with van der Waals surface area (Å²) in [5.74, 6) is 0. The third-order valence-corrected chi connectivity index (χ3v) is 3.95. The number of nitrogens with one attached hydrogen (secondary N) is 1. The van der Waals surface area contributed by atoms with Gasteiger partial charge < -0.3 is 14.6 Å². The van der Waals surface area contributed by atoms with E-state index in [1.165, 1.54) is 0 Å². The highest BCUT2D eigenvalue weighted by Crippen LogP contribution is 2.28. The molecular weight excluding hydrogens is 226 g/mol. The van der Waals surface area contributed by atoms with Gasteiger partial charge in [0.15, 0.2) is 0 Å². The summed E-state index contributed by atoms with van der Waals surface area (Å²) >= 11 is 0. The lowest BCUT2D eigenvalue weighted by Crippen LogP contribution is -2.30. The van der Waals surface area contributed by atoms with Gasteiger partial charge in [-0.2, -0.15) is 0 Å². The zero-order valence-electron chi connectivity index (χ0n) is 12.2. The van der Waals surface area contributed by atoms with Crippen LogP contribution in [-0.4, -0.2) is 29.8 Å². The second kappa shape index (κ2) is 7.54. The summed E-state index contributed by atoms with van der Waals surface area (Å²) in [6.07, 6.45) is 7.59. The van der Waals surface area contributed by atoms with Crippen LogP contribution in [0.1, 0.15) is 45.7 Å². The number of aromatic nitrogens is 2. The quantitative estimate of drug-likeness (QED) is 0.687. The average molecular weight is 253 g/mol. The van der Waals surface area contributed by atoms with E-state index in [2.05, 4.69) is 41.8 Å². The molecule has 0 aliphatic carbocycles. The van der Waals surface area contributed by atoms with Gasteiger partial charge in [0.2, 0.25) is 0 Å². The number of methoxy groups -OCH3 is 1. The summed E-state index contributed by atoms with van der Waals surface area (Å²) in [5.41, 5.74) is 1.34. The van der Waals surface area contributed by atoms with Crippen molar-refractivity contribution in [3.05, 3.63) is 18.2 Å². The van der Waals surface area contributed by atoms with Crippen LogP contribution in [0, 0.1) is 0 Å². The summed E-state index contributed by atoms with van der Waals surface area (Å²) in [6.45, 7) is 9.17. The average Bonchev–Trinajstić information content (AvgIpc) is 2.87. The first kappa shape index (κ1) is 15.2. The third kappa shape index (κ3) is 3.56. The summed E-state index contributed by atoms with van der Waals surface area (Å²) in [5, 5.41) is 3.32. The number of imidazole rings is 1. The predicted octanol–water partition coefficient (Wildman–Crippen LogP) is 2.54. The second-order valence-electron chi connectivity index (χ2n) is 4.73. The number of hydrogen-bond acceptors (Lipinski definition) is 3. The molecule has 0 bridgehead atoms. The molecule has 0 radical (unpaired) electrons. The van der Waals surface area contributed by atoms with Gasteiger partial charge in [-0.15, -0.1) is 0 Å². The Morgan fingerprint density at radius 2 is 1.94 bits per heavy atom. The molecule has 0 fully saturated rings. The van der Waals surface area contributed by atoms with E-state index in [4.69, 9.17) is 4.74 Å². The van der Waals surface area contributed by atoms with Gasteiger partial charge in [0.05, 0.1) is 18.6 Å². The lowest BCUT2D eigenvalue weighted by Gasteiger charge is -2.32. The Morgan fingerprint density at radius 1 is 1.28 bits per heavy atom. The van der Waals surface area contributed by atoms with E-state index in [0.717, 1.165) is 44.7 Å². The van der Waals surface area contributed by atoms with Crippen LogP contribution in [0.3, 0.4) is 0 Å². The maximum atomic E-state index is 5.00. The van der Waals surface area contributed by atoms with E-state index in [1.807, 2.05) is 6.33 Å². The Hall–Kier alpha value is -0.870. The Balaban J connectivity index is 2.61.